The summed E-state index contributed by atoms with van der Waals surface area (Å²) < 4.78 is 1.21. The Morgan fingerprint density at radius 2 is 2.47 bits per heavy atom. The SMILES string of the molecule is CSC1CCCC1NCc1cc(Br)cs1. The summed E-state index contributed by atoms with van der Waals surface area (Å²) in [5.74, 6) is 0. The molecule has 4 heteroatoms. The highest BCUT2D eigenvalue weighted by molar-refractivity contribution is 9.10. The number of halogens is 1. The number of hydrogen-bond donors (Lipinski definition) is 1. The zero-order chi connectivity index (χ0) is 10.7. The van der Waals surface area contributed by atoms with Gasteiger partial charge in [-0.15, -0.1) is 11.3 Å². The second-order valence-corrected chi connectivity index (χ2v) is 6.91. The van der Waals surface area contributed by atoms with E-state index in [2.05, 4.69) is 38.9 Å². The van der Waals surface area contributed by atoms with Crippen LogP contribution in [0.2, 0.25) is 0 Å². The van der Waals surface area contributed by atoms with Crippen LogP contribution in [0.25, 0.3) is 0 Å². The van der Waals surface area contributed by atoms with Gasteiger partial charge in [-0.25, -0.2) is 0 Å². The molecule has 1 aromatic heterocycles. The number of thioether (sulfide) groups is 1. The standard InChI is InChI=1S/C11H16BrNS2/c1-14-11-4-2-3-10(11)13-6-9-5-8(12)7-15-9/h5,7,10-11,13H,2-4,6H2,1H3. The largest absolute Gasteiger partial charge is 0.308 e. The normalized spacial score (nSPS) is 26.0. The molecule has 1 aliphatic rings. The molecule has 0 amide bonds. The van der Waals surface area contributed by atoms with Gasteiger partial charge in [0.25, 0.3) is 0 Å². The second kappa shape index (κ2) is 5.71. The molecule has 1 fully saturated rings. The summed E-state index contributed by atoms with van der Waals surface area (Å²) in [5, 5.41) is 6.66. The first kappa shape index (κ1) is 12.0. The van der Waals surface area contributed by atoms with Gasteiger partial charge in [0.05, 0.1) is 0 Å². The van der Waals surface area contributed by atoms with Gasteiger partial charge >= 0.3 is 0 Å². The second-order valence-electron chi connectivity index (χ2n) is 3.92. The van der Waals surface area contributed by atoms with Gasteiger partial charge in [-0.3, -0.25) is 0 Å². The summed E-state index contributed by atoms with van der Waals surface area (Å²) in [6.45, 7) is 1.03. The van der Waals surface area contributed by atoms with Crippen LogP contribution in [0.4, 0.5) is 0 Å². The molecule has 84 valence electrons. The molecule has 0 bridgehead atoms. The van der Waals surface area contributed by atoms with Crippen molar-refractivity contribution in [1.82, 2.24) is 5.32 Å². The van der Waals surface area contributed by atoms with Crippen LogP contribution in [0.5, 0.6) is 0 Å². The lowest BCUT2D eigenvalue weighted by atomic mass is 10.2. The van der Waals surface area contributed by atoms with Gasteiger partial charge in [0.2, 0.25) is 0 Å². The van der Waals surface area contributed by atoms with Crippen molar-refractivity contribution in [3.63, 3.8) is 0 Å². The van der Waals surface area contributed by atoms with Gasteiger partial charge in [0.1, 0.15) is 0 Å². The third-order valence-corrected chi connectivity index (χ3v) is 5.78. The minimum atomic E-state index is 0.723. The number of thiophene rings is 1. The van der Waals surface area contributed by atoms with E-state index in [4.69, 9.17) is 0 Å². The van der Waals surface area contributed by atoms with Crippen LogP contribution in [0.15, 0.2) is 15.9 Å². The number of hydrogen-bond acceptors (Lipinski definition) is 3. The molecule has 15 heavy (non-hydrogen) atoms. The summed E-state index contributed by atoms with van der Waals surface area (Å²) in [6.07, 6.45) is 6.34. The molecule has 0 aromatic carbocycles. The lowest BCUT2D eigenvalue weighted by Crippen LogP contribution is -2.33. The van der Waals surface area contributed by atoms with Crippen LogP contribution in [-0.4, -0.2) is 17.5 Å². The fraction of sp³-hybridized carbons (Fsp3) is 0.636. The van der Waals surface area contributed by atoms with Gasteiger partial charge in [0.15, 0.2) is 0 Å². The van der Waals surface area contributed by atoms with Crippen LogP contribution in [-0.2, 0) is 6.54 Å². The summed E-state index contributed by atoms with van der Waals surface area (Å²) in [7, 11) is 0. The molecular weight excluding hydrogens is 290 g/mol. The van der Waals surface area contributed by atoms with E-state index in [0.717, 1.165) is 17.8 Å². The first-order chi connectivity index (χ1) is 7.29. The maximum Gasteiger partial charge on any atom is 0.0303 e. The molecule has 1 aliphatic carbocycles. The van der Waals surface area contributed by atoms with E-state index in [1.165, 1.54) is 28.6 Å². The minimum Gasteiger partial charge on any atom is -0.308 e. The van der Waals surface area contributed by atoms with Crippen LogP contribution < -0.4 is 5.32 Å². The zero-order valence-corrected chi connectivity index (χ0v) is 12.1. The first-order valence-corrected chi connectivity index (χ1v) is 8.24. The number of rotatable bonds is 4. The Bertz CT molecular complexity index is 313. The van der Waals surface area contributed by atoms with Gasteiger partial charge in [-0.05, 0) is 41.1 Å². The number of nitrogens with one attached hydrogen (secondary N) is 1. The quantitative estimate of drug-likeness (QED) is 0.906. The molecule has 2 unspecified atom stereocenters. The van der Waals surface area contributed by atoms with Gasteiger partial charge in [-0.2, -0.15) is 11.8 Å². The van der Waals surface area contributed by atoms with Crippen molar-refractivity contribution < 1.29 is 0 Å². The van der Waals surface area contributed by atoms with Crippen LogP contribution in [0, 0.1) is 0 Å². The highest BCUT2D eigenvalue weighted by atomic mass is 79.9. The molecule has 1 heterocycles. The van der Waals surface area contributed by atoms with E-state index in [0.29, 0.717) is 0 Å². The molecule has 1 N–H and O–H groups in total. The molecule has 0 spiro atoms. The van der Waals surface area contributed by atoms with Crippen molar-refractivity contribution in [3.8, 4) is 0 Å². The van der Waals surface area contributed by atoms with Crippen molar-refractivity contribution >= 4 is 39.0 Å². The molecule has 0 radical (unpaired) electrons. The average molecular weight is 306 g/mol. The van der Waals surface area contributed by atoms with Crippen molar-refractivity contribution in [2.75, 3.05) is 6.26 Å². The Morgan fingerprint density at radius 1 is 1.60 bits per heavy atom. The molecule has 1 saturated carbocycles. The van der Waals surface area contributed by atoms with Gasteiger partial charge in [-0.1, -0.05) is 6.42 Å². The lowest BCUT2D eigenvalue weighted by Gasteiger charge is -2.18. The third kappa shape index (κ3) is 3.22. The first-order valence-electron chi connectivity index (χ1n) is 5.28. The van der Waals surface area contributed by atoms with Crippen LogP contribution in [0.3, 0.4) is 0 Å². The predicted molar refractivity (Wildman–Crippen MR) is 73.8 cm³/mol. The van der Waals surface area contributed by atoms with E-state index in [1.54, 1.807) is 0 Å². The van der Waals surface area contributed by atoms with Crippen LogP contribution in [0.1, 0.15) is 24.1 Å². The van der Waals surface area contributed by atoms with Crippen molar-refractivity contribution in [1.29, 1.82) is 0 Å². The molecule has 0 aliphatic heterocycles. The maximum atomic E-state index is 3.68. The molecule has 1 nitrogen and oxygen atoms in total. The van der Waals surface area contributed by atoms with E-state index in [-0.39, 0.29) is 0 Å². The summed E-state index contributed by atoms with van der Waals surface area (Å²) >= 11 is 7.33. The fourth-order valence-corrected chi connectivity index (χ4v) is 4.48. The van der Waals surface area contributed by atoms with E-state index < -0.39 is 0 Å². The smallest absolute Gasteiger partial charge is 0.0303 e. The van der Waals surface area contributed by atoms with Gasteiger partial charge in [0, 0.05) is 32.6 Å². The highest BCUT2D eigenvalue weighted by Crippen LogP contribution is 2.29. The topological polar surface area (TPSA) is 12.0 Å². The Balaban J connectivity index is 1.82. The zero-order valence-electron chi connectivity index (χ0n) is 8.83. The Kier molecular flexibility index (Phi) is 4.55. The van der Waals surface area contributed by atoms with Crippen molar-refractivity contribution in [2.45, 2.75) is 37.1 Å². The monoisotopic (exact) mass is 305 g/mol. The Labute approximate surface area is 108 Å². The highest BCUT2D eigenvalue weighted by Gasteiger charge is 2.25. The Hall–Kier alpha value is 0.490. The summed E-state index contributed by atoms with van der Waals surface area (Å²) in [6, 6.07) is 2.93. The molecule has 1 aromatic rings. The van der Waals surface area contributed by atoms with Crippen molar-refractivity contribution in [3.05, 3.63) is 20.8 Å². The fourth-order valence-electron chi connectivity index (χ4n) is 2.12. The minimum absolute atomic E-state index is 0.723. The summed E-state index contributed by atoms with van der Waals surface area (Å²) in [5.41, 5.74) is 0. The molecule has 2 rings (SSSR count). The van der Waals surface area contributed by atoms with E-state index in [1.807, 2.05) is 23.1 Å². The van der Waals surface area contributed by atoms with E-state index >= 15 is 0 Å². The molecule has 2 atom stereocenters. The molecular formula is C11H16BrNS2. The third-order valence-electron chi connectivity index (χ3n) is 2.92. The maximum absolute atomic E-state index is 3.68. The van der Waals surface area contributed by atoms with Crippen molar-refractivity contribution in [2.24, 2.45) is 0 Å². The Morgan fingerprint density at radius 3 is 3.13 bits per heavy atom. The average Bonchev–Trinajstić information content (AvgIpc) is 2.83. The summed E-state index contributed by atoms with van der Waals surface area (Å²) in [4.78, 5) is 1.42. The van der Waals surface area contributed by atoms with Crippen LogP contribution >= 0.6 is 39.0 Å². The lowest BCUT2D eigenvalue weighted by molar-refractivity contribution is 0.535. The molecule has 0 saturated heterocycles. The van der Waals surface area contributed by atoms with E-state index in [9.17, 15) is 0 Å². The predicted octanol–water partition coefficient (Wildman–Crippen LogP) is 3.88. The van der Waals surface area contributed by atoms with Gasteiger partial charge < -0.3 is 5.32 Å².